The lowest BCUT2D eigenvalue weighted by Crippen LogP contribution is -3.14. The van der Waals surface area contributed by atoms with E-state index in [0.717, 1.165) is 67.9 Å². The van der Waals surface area contributed by atoms with E-state index in [1.54, 1.807) is 28.0 Å². The van der Waals surface area contributed by atoms with Crippen LogP contribution in [0.25, 0.3) is 10.2 Å². The van der Waals surface area contributed by atoms with E-state index in [0.29, 0.717) is 11.9 Å². The quantitative estimate of drug-likeness (QED) is 0.365. The highest BCUT2D eigenvalue weighted by Gasteiger charge is 2.33. The van der Waals surface area contributed by atoms with Crippen molar-refractivity contribution in [1.82, 2.24) is 9.97 Å². The van der Waals surface area contributed by atoms with Gasteiger partial charge in [-0.15, -0.1) is 11.3 Å². The molecule has 0 spiro atoms. The topological polar surface area (TPSA) is 60.7 Å². The van der Waals surface area contributed by atoms with Crippen LogP contribution in [0.15, 0.2) is 5.16 Å². The Bertz CT molecular complexity index is 866. The van der Waals surface area contributed by atoms with Crippen molar-refractivity contribution in [2.45, 2.75) is 69.6 Å². The van der Waals surface area contributed by atoms with Gasteiger partial charge in [0.1, 0.15) is 23.7 Å². The van der Waals surface area contributed by atoms with E-state index < -0.39 is 0 Å². The SMILES string of the molecule is CC[C@@]1(C)Cc2c(sc3nc(SC(C)C)nc(NCCC[NH+]4CCOCC4)c23)CO1. The first-order chi connectivity index (χ1) is 14.5. The zero-order chi connectivity index (χ0) is 21.1. The van der Waals surface area contributed by atoms with Gasteiger partial charge < -0.3 is 19.7 Å². The maximum absolute atomic E-state index is 6.19. The third kappa shape index (κ3) is 5.10. The first kappa shape index (κ1) is 22.3. The average molecular weight is 452 g/mol. The molecule has 30 heavy (non-hydrogen) atoms. The van der Waals surface area contributed by atoms with Gasteiger partial charge in [-0.3, -0.25) is 0 Å². The van der Waals surface area contributed by atoms with Crippen LogP contribution < -0.4 is 10.2 Å². The van der Waals surface area contributed by atoms with Gasteiger partial charge in [0, 0.05) is 29.5 Å². The molecule has 1 atom stereocenters. The van der Waals surface area contributed by atoms with Crippen molar-refractivity contribution in [2.75, 3.05) is 44.7 Å². The summed E-state index contributed by atoms with van der Waals surface area (Å²) in [6.07, 6.45) is 3.08. The Balaban J connectivity index is 1.56. The van der Waals surface area contributed by atoms with E-state index in [-0.39, 0.29) is 5.60 Å². The van der Waals surface area contributed by atoms with E-state index in [1.165, 1.54) is 22.4 Å². The summed E-state index contributed by atoms with van der Waals surface area (Å²) in [7, 11) is 0. The number of hydrogen-bond acceptors (Lipinski definition) is 7. The van der Waals surface area contributed by atoms with Crippen molar-refractivity contribution in [3.8, 4) is 0 Å². The second-order valence-corrected chi connectivity index (χ2v) is 11.5. The minimum atomic E-state index is -0.0939. The molecule has 2 aromatic rings. The Morgan fingerprint density at radius 1 is 1.27 bits per heavy atom. The lowest BCUT2D eigenvalue weighted by molar-refractivity contribution is -0.908. The smallest absolute Gasteiger partial charge is 0.191 e. The number of anilines is 1. The summed E-state index contributed by atoms with van der Waals surface area (Å²) in [6, 6.07) is 0. The lowest BCUT2D eigenvalue weighted by Gasteiger charge is -2.33. The molecule has 0 aliphatic carbocycles. The van der Waals surface area contributed by atoms with Gasteiger partial charge in [-0.2, -0.15) is 0 Å². The van der Waals surface area contributed by atoms with Crippen molar-refractivity contribution in [1.29, 1.82) is 0 Å². The van der Waals surface area contributed by atoms with E-state index in [1.807, 2.05) is 0 Å². The van der Waals surface area contributed by atoms with E-state index in [9.17, 15) is 0 Å². The molecule has 0 saturated carbocycles. The first-order valence-corrected chi connectivity index (χ1v) is 12.9. The Morgan fingerprint density at radius 2 is 2.07 bits per heavy atom. The highest BCUT2D eigenvalue weighted by Crippen LogP contribution is 2.42. The molecule has 2 aliphatic rings. The minimum Gasteiger partial charge on any atom is -0.370 e. The number of morpholine rings is 1. The molecule has 0 radical (unpaired) electrons. The average Bonchev–Trinajstić information content (AvgIpc) is 3.08. The van der Waals surface area contributed by atoms with E-state index in [4.69, 9.17) is 19.4 Å². The molecule has 4 heterocycles. The maximum atomic E-state index is 6.19. The number of fused-ring (bicyclic) bond motifs is 3. The number of thioether (sulfide) groups is 1. The van der Waals surface area contributed by atoms with Crippen molar-refractivity contribution in [3.63, 3.8) is 0 Å². The fourth-order valence-electron chi connectivity index (χ4n) is 4.13. The standard InChI is InChI=1S/C22H34N4O2S2/c1-5-22(4)13-16-17(14-28-22)30-20-18(16)19(24-21(25-20)29-15(2)3)23-7-6-8-26-9-11-27-12-10-26/h15H,5-14H2,1-4H3,(H,23,24,25)/p+1/t22-/m0/s1. The van der Waals surface area contributed by atoms with Crippen molar-refractivity contribution >= 4 is 39.1 Å². The normalized spacial score (nSPS) is 22.6. The fraction of sp³-hybridized carbons (Fsp3) is 0.727. The highest BCUT2D eigenvalue weighted by molar-refractivity contribution is 7.99. The van der Waals surface area contributed by atoms with Crippen LogP contribution in [0.1, 0.15) is 51.0 Å². The molecule has 1 saturated heterocycles. The van der Waals surface area contributed by atoms with Crippen LogP contribution in [0.5, 0.6) is 0 Å². The number of quaternary nitrogens is 1. The maximum Gasteiger partial charge on any atom is 0.191 e. The molecular formula is C22H35N4O2S2+. The Hall–Kier alpha value is -0.930. The minimum absolute atomic E-state index is 0.0939. The summed E-state index contributed by atoms with van der Waals surface area (Å²) < 4.78 is 11.7. The van der Waals surface area contributed by atoms with E-state index in [2.05, 4.69) is 33.0 Å². The van der Waals surface area contributed by atoms with Gasteiger partial charge in [-0.1, -0.05) is 32.5 Å². The third-order valence-electron chi connectivity index (χ3n) is 6.10. The summed E-state index contributed by atoms with van der Waals surface area (Å²) in [4.78, 5) is 13.9. The molecule has 6 nitrogen and oxygen atoms in total. The second-order valence-electron chi connectivity index (χ2n) is 8.87. The first-order valence-electron chi connectivity index (χ1n) is 11.3. The van der Waals surface area contributed by atoms with Crippen LogP contribution in [0.2, 0.25) is 0 Å². The molecule has 2 aromatic heterocycles. The van der Waals surface area contributed by atoms with Crippen LogP contribution in [-0.4, -0.2) is 60.2 Å². The number of nitrogens with zero attached hydrogens (tertiary/aromatic N) is 2. The number of thiophene rings is 1. The molecule has 1 fully saturated rings. The Kier molecular flexibility index (Phi) is 7.19. The molecule has 0 unspecified atom stereocenters. The summed E-state index contributed by atoms with van der Waals surface area (Å²) in [6.45, 7) is 15.7. The van der Waals surface area contributed by atoms with Gasteiger partial charge in [0.2, 0.25) is 0 Å². The summed E-state index contributed by atoms with van der Waals surface area (Å²) in [5.41, 5.74) is 1.30. The molecule has 0 amide bonds. The van der Waals surface area contributed by atoms with Gasteiger partial charge in [0.05, 0.1) is 37.4 Å². The van der Waals surface area contributed by atoms with E-state index >= 15 is 0 Å². The molecule has 2 N–H and O–H groups in total. The van der Waals surface area contributed by atoms with Gasteiger partial charge in [0.15, 0.2) is 5.16 Å². The third-order valence-corrected chi connectivity index (χ3v) is 8.07. The highest BCUT2D eigenvalue weighted by atomic mass is 32.2. The van der Waals surface area contributed by atoms with Crippen LogP contribution >= 0.6 is 23.1 Å². The molecule has 166 valence electrons. The molecule has 0 bridgehead atoms. The number of hydrogen-bond donors (Lipinski definition) is 2. The number of nitrogens with one attached hydrogen (secondary N) is 2. The second kappa shape index (κ2) is 9.69. The predicted octanol–water partition coefficient (Wildman–Crippen LogP) is 3.15. The monoisotopic (exact) mass is 451 g/mol. The van der Waals surface area contributed by atoms with Crippen molar-refractivity contribution in [2.24, 2.45) is 0 Å². The Morgan fingerprint density at radius 3 is 2.80 bits per heavy atom. The zero-order valence-electron chi connectivity index (χ0n) is 18.7. The van der Waals surface area contributed by atoms with Crippen LogP contribution in [0.3, 0.4) is 0 Å². The number of rotatable bonds is 8. The number of ether oxygens (including phenoxy) is 2. The van der Waals surface area contributed by atoms with Crippen LogP contribution in [-0.2, 0) is 22.5 Å². The number of aromatic nitrogens is 2. The Labute approximate surface area is 188 Å². The predicted molar refractivity (Wildman–Crippen MR) is 125 cm³/mol. The van der Waals surface area contributed by atoms with Gasteiger partial charge >= 0.3 is 0 Å². The fourth-order valence-corrected chi connectivity index (χ4v) is 6.00. The molecular weight excluding hydrogens is 416 g/mol. The van der Waals surface area contributed by atoms with Gasteiger partial charge in [-0.05, 0) is 18.9 Å². The summed E-state index contributed by atoms with van der Waals surface area (Å²) in [5, 5.41) is 6.24. The largest absolute Gasteiger partial charge is 0.370 e. The van der Waals surface area contributed by atoms with Crippen LogP contribution in [0, 0.1) is 0 Å². The summed E-state index contributed by atoms with van der Waals surface area (Å²) >= 11 is 3.52. The molecule has 0 aromatic carbocycles. The van der Waals surface area contributed by atoms with Crippen LogP contribution in [0.4, 0.5) is 5.82 Å². The molecule has 8 heteroatoms. The van der Waals surface area contributed by atoms with Crippen molar-refractivity contribution < 1.29 is 14.4 Å². The van der Waals surface area contributed by atoms with Gasteiger partial charge in [0.25, 0.3) is 0 Å². The lowest BCUT2D eigenvalue weighted by atomic mass is 9.90. The molecule has 4 rings (SSSR count). The summed E-state index contributed by atoms with van der Waals surface area (Å²) in [5.74, 6) is 1.01. The van der Waals surface area contributed by atoms with Crippen molar-refractivity contribution in [3.05, 3.63) is 10.4 Å². The van der Waals surface area contributed by atoms with Gasteiger partial charge in [-0.25, -0.2) is 9.97 Å². The zero-order valence-corrected chi connectivity index (χ0v) is 20.3. The molecule has 2 aliphatic heterocycles.